The molecule has 0 saturated carbocycles. The van der Waals surface area contributed by atoms with E-state index < -0.39 is 21.3 Å². The number of benzene rings is 6. The second-order valence-corrected chi connectivity index (χ2v) is 25.1. The van der Waals surface area contributed by atoms with Gasteiger partial charge in [-0.15, -0.1) is 0 Å². The van der Waals surface area contributed by atoms with Crippen LogP contribution in [-0.2, 0) is 21.3 Å². The molecule has 0 amide bonds. The predicted octanol–water partition coefficient (Wildman–Crippen LogP) is 9.74. The Morgan fingerprint density at radius 3 is 1.31 bits per heavy atom. The molecule has 0 aromatic heterocycles. The molecule has 0 heterocycles. The standard InChI is InChI=1S/C31H29.C15H14.C12H19.2ClH.Zr/c1-18-11-20(3)30(21(4)12-18)24-7-9-28-26(15-24)17-27-16-25(8-10-29(27)28)31-22(5)13-19(2)14-23(31)6;1-12-3-7-14(8-4-12)11-15-9-5-13(2)6-10-15;1-5-6-10-7-8-11(9-10)12(2,3)4;;;/h7-17H,1-6H3;3-10H,1-2H3;8-10H,5-6H2,1-4H3;2*1H;/q;;;;;+2/p-2. The number of hydrogen-bond donors (Lipinski definition) is 0. The number of halogens is 2. The van der Waals surface area contributed by atoms with Gasteiger partial charge in [-0.3, -0.25) is 0 Å². The second-order valence-electron chi connectivity index (χ2n) is 19.0. The summed E-state index contributed by atoms with van der Waals surface area (Å²) < 4.78 is 3.66. The Kier molecular flexibility index (Phi) is 14.1. The summed E-state index contributed by atoms with van der Waals surface area (Å²) in [5.41, 5.74) is 26.4. The molecule has 2 aliphatic carbocycles. The third-order valence-electron chi connectivity index (χ3n) is 13.1. The van der Waals surface area contributed by atoms with Crippen molar-refractivity contribution >= 4 is 3.21 Å². The van der Waals surface area contributed by atoms with Gasteiger partial charge in [-0.25, -0.2) is 0 Å². The van der Waals surface area contributed by atoms with Gasteiger partial charge in [-0.1, -0.05) is 0 Å². The molecule has 0 N–H and O–H groups in total. The maximum atomic E-state index is 2.73. The van der Waals surface area contributed by atoms with E-state index in [1.807, 2.05) is 0 Å². The van der Waals surface area contributed by atoms with Gasteiger partial charge in [-0.05, 0) is 0 Å². The first-order chi connectivity index (χ1) is 28.1. The molecule has 0 nitrogen and oxygen atoms in total. The SMILES string of the molecule is CCCC1C=C(C(C)(C)C)C=[C]1[Zr+2](=[C](c1ccc(C)cc1)c1ccc(C)cc1)[CH]1c2cc(-c3c(C)cc(C)cc3C)ccc2-c2ccc(-c3c(C)cc(C)cc3C)cc21.[Cl-].[Cl-]. The fourth-order valence-corrected chi connectivity index (χ4v) is 20.0. The summed E-state index contributed by atoms with van der Waals surface area (Å²) in [5.74, 6) is 0.441. The van der Waals surface area contributed by atoms with Crippen molar-refractivity contribution in [1.29, 1.82) is 0 Å². The van der Waals surface area contributed by atoms with Crippen LogP contribution in [0.3, 0.4) is 0 Å². The van der Waals surface area contributed by atoms with Crippen molar-refractivity contribution in [2.45, 2.75) is 99.6 Å². The zero-order valence-corrected chi connectivity index (χ0v) is 42.3. The van der Waals surface area contributed by atoms with E-state index in [2.05, 4.69) is 204 Å². The molecular weight excluding hydrogens is 859 g/mol. The number of fused-ring (bicyclic) bond motifs is 3. The molecule has 0 saturated heterocycles. The van der Waals surface area contributed by atoms with Crippen molar-refractivity contribution in [3.8, 4) is 33.4 Å². The predicted molar refractivity (Wildman–Crippen MR) is 253 cm³/mol. The van der Waals surface area contributed by atoms with Crippen molar-refractivity contribution in [2.24, 2.45) is 11.3 Å². The van der Waals surface area contributed by atoms with Gasteiger partial charge in [0.25, 0.3) is 0 Å². The van der Waals surface area contributed by atoms with Crippen LogP contribution in [0.2, 0.25) is 0 Å². The van der Waals surface area contributed by atoms with E-state index in [1.165, 1.54) is 119 Å². The molecule has 1 atom stereocenters. The normalized spacial score (nSPS) is 14.2. The second kappa shape index (κ2) is 18.5. The van der Waals surface area contributed by atoms with Gasteiger partial charge in [-0.2, -0.15) is 0 Å². The van der Waals surface area contributed by atoms with Crippen LogP contribution in [0.15, 0.2) is 130 Å². The molecular formula is C58H62Cl2Zr. The van der Waals surface area contributed by atoms with Crippen molar-refractivity contribution in [1.82, 2.24) is 0 Å². The van der Waals surface area contributed by atoms with Crippen molar-refractivity contribution in [3.05, 3.63) is 197 Å². The van der Waals surface area contributed by atoms with Crippen LogP contribution in [0.1, 0.15) is 111 Å². The van der Waals surface area contributed by atoms with Gasteiger partial charge in [0.1, 0.15) is 0 Å². The van der Waals surface area contributed by atoms with Gasteiger partial charge < -0.3 is 24.8 Å². The minimum atomic E-state index is -3.12. The topological polar surface area (TPSA) is 0 Å². The summed E-state index contributed by atoms with van der Waals surface area (Å²) in [7, 11) is 0. The zero-order valence-electron chi connectivity index (χ0n) is 38.4. The summed E-state index contributed by atoms with van der Waals surface area (Å²) in [5, 5.41) is 0. The molecule has 6 aromatic rings. The third-order valence-corrected chi connectivity index (χ3v) is 21.5. The summed E-state index contributed by atoms with van der Waals surface area (Å²) in [4.78, 5) is 0. The Morgan fingerprint density at radius 1 is 0.525 bits per heavy atom. The number of aryl methyl sites for hydroxylation is 8. The Bertz CT molecular complexity index is 2520. The Morgan fingerprint density at radius 2 is 0.934 bits per heavy atom. The van der Waals surface area contributed by atoms with E-state index in [0.29, 0.717) is 5.92 Å². The van der Waals surface area contributed by atoms with Gasteiger partial charge in [0.15, 0.2) is 0 Å². The summed E-state index contributed by atoms with van der Waals surface area (Å²) in [6.07, 6.45) is 7.76. The van der Waals surface area contributed by atoms with Crippen LogP contribution in [0.4, 0.5) is 0 Å². The van der Waals surface area contributed by atoms with Crippen LogP contribution in [-0.4, -0.2) is 3.21 Å². The molecule has 312 valence electrons. The quantitative estimate of drug-likeness (QED) is 0.143. The van der Waals surface area contributed by atoms with Crippen LogP contribution in [0.25, 0.3) is 33.4 Å². The molecule has 1 unspecified atom stereocenters. The fourth-order valence-electron chi connectivity index (χ4n) is 10.5. The van der Waals surface area contributed by atoms with Crippen molar-refractivity contribution in [2.75, 3.05) is 0 Å². The van der Waals surface area contributed by atoms with Gasteiger partial charge in [0.2, 0.25) is 0 Å². The first-order valence-electron chi connectivity index (χ1n) is 21.9. The van der Waals surface area contributed by atoms with Crippen LogP contribution >= 0.6 is 0 Å². The molecule has 61 heavy (non-hydrogen) atoms. The largest absolute Gasteiger partial charge is 1.00 e. The summed E-state index contributed by atoms with van der Waals surface area (Å²) in [6, 6.07) is 43.6. The van der Waals surface area contributed by atoms with Gasteiger partial charge >= 0.3 is 366 Å². The third kappa shape index (κ3) is 9.01. The van der Waals surface area contributed by atoms with E-state index in [0.717, 1.165) is 0 Å². The first kappa shape index (κ1) is 46.6. The summed E-state index contributed by atoms with van der Waals surface area (Å²) in [6.45, 7) is 27.7. The Balaban J connectivity index is 0.00000311. The molecule has 6 aromatic carbocycles. The molecule has 0 fully saturated rings. The van der Waals surface area contributed by atoms with Crippen molar-refractivity contribution < 1.29 is 46.1 Å². The Labute approximate surface area is 387 Å². The van der Waals surface area contributed by atoms with Gasteiger partial charge in [0, 0.05) is 0 Å². The van der Waals surface area contributed by atoms with E-state index in [-0.39, 0.29) is 33.9 Å². The summed E-state index contributed by atoms with van der Waals surface area (Å²) >= 11 is -3.12. The molecule has 8 rings (SSSR count). The smallest absolute Gasteiger partial charge is 1.00 e. The van der Waals surface area contributed by atoms with E-state index in [1.54, 1.807) is 6.49 Å². The minimum absolute atomic E-state index is 0. The average Bonchev–Trinajstić information content (AvgIpc) is 3.73. The molecule has 0 spiro atoms. The van der Waals surface area contributed by atoms with Crippen molar-refractivity contribution in [3.63, 3.8) is 0 Å². The number of allylic oxidation sites excluding steroid dienone is 4. The molecule has 0 radical (unpaired) electrons. The van der Waals surface area contributed by atoms with E-state index >= 15 is 0 Å². The van der Waals surface area contributed by atoms with Gasteiger partial charge in [0.05, 0.1) is 0 Å². The molecule has 0 bridgehead atoms. The zero-order chi connectivity index (χ0) is 41.9. The average molecular weight is 921 g/mol. The number of hydrogen-bond acceptors (Lipinski definition) is 0. The van der Waals surface area contributed by atoms with E-state index in [9.17, 15) is 0 Å². The van der Waals surface area contributed by atoms with Crippen LogP contribution in [0, 0.1) is 66.7 Å². The Hall–Kier alpha value is -3.87. The van der Waals surface area contributed by atoms with Crippen LogP contribution < -0.4 is 24.8 Å². The maximum absolute atomic E-state index is 3.12. The number of rotatable bonds is 8. The monoisotopic (exact) mass is 918 g/mol. The molecule has 2 aliphatic rings. The fraction of sp³-hybridized carbons (Fsp3) is 0.293. The first-order valence-corrected chi connectivity index (χ1v) is 25.8. The maximum Gasteiger partial charge on any atom is -1.00 e. The minimum Gasteiger partial charge on any atom is -1.00 e. The molecule has 0 aliphatic heterocycles. The van der Waals surface area contributed by atoms with E-state index in [4.69, 9.17) is 0 Å². The molecule has 3 heteroatoms. The van der Waals surface area contributed by atoms with Crippen LogP contribution in [0.5, 0.6) is 0 Å².